The van der Waals surface area contributed by atoms with E-state index in [0.29, 0.717) is 12.4 Å². The molecule has 0 aliphatic carbocycles. The standard InChI is InChI=1S/C10H12N4O/c1-2-7-15-9-6-4-3-5-8(9)10-11-13-14-12-10/h3-6H,2,7H2,1H3,(H,11,12,13,14). The van der Waals surface area contributed by atoms with Gasteiger partial charge >= 0.3 is 0 Å². The summed E-state index contributed by atoms with van der Waals surface area (Å²) < 4.78 is 5.59. The maximum Gasteiger partial charge on any atom is 0.183 e. The fourth-order valence-electron chi connectivity index (χ4n) is 1.27. The monoisotopic (exact) mass is 204 g/mol. The third-order valence-electron chi connectivity index (χ3n) is 1.95. The molecule has 2 aromatic rings. The number of aromatic amines is 1. The summed E-state index contributed by atoms with van der Waals surface area (Å²) in [5.41, 5.74) is 0.885. The summed E-state index contributed by atoms with van der Waals surface area (Å²) >= 11 is 0. The van der Waals surface area contributed by atoms with Gasteiger partial charge in [-0.1, -0.05) is 19.1 Å². The number of hydrogen-bond acceptors (Lipinski definition) is 4. The largest absolute Gasteiger partial charge is 0.493 e. The molecular formula is C10H12N4O. The van der Waals surface area contributed by atoms with Crippen LogP contribution < -0.4 is 4.74 Å². The molecule has 0 saturated heterocycles. The minimum atomic E-state index is 0.627. The normalized spacial score (nSPS) is 10.2. The Kier molecular flexibility index (Phi) is 2.92. The smallest absolute Gasteiger partial charge is 0.183 e. The lowest BCUT2D eigenvalue weighted by atomic mass is 10.2. The Morgan fingerprint density at radius 2 is 2.20 bits per heavy atom. The molecular weight excluding hydrogens is 192 g/mol. The summed E-state index contributed by atoms with van der Waals surface area (Å²) in [7, 11) is 0. The zero-order valence-electron chi connectivity index (χ0n) is 8.47. The molecule has 1 aromatic heterocycles. The lowest BCUT2D eigenvalue weighted by Gasteiger charge is -2.07. The van der Waals surface area contributed by atoms with Gasteiger partial charge in [-0.3, -0.25) is 0 Å². The Morgan fingerprint density at radius 3 is 2.93 bits per heavy atom. The quantitative estimate of drug-likeness (QED) is 0.822. The van der Waals surface area contributed by atoms with Crippen LogP contribution in [0.4, 0.5) is 0 Å². The van der Waals surface area contributed by atoms with Crippen molar-refractivity contribution in [1.29, 1.82) is 0 Å². The molecule has 5 nitrogen and oxygen atoms in total. The van der Waals surface area contributed by atoms with Crippen LogP contribution >= 0.6 is 0 Å². The number of ether oxygens (including phenoxy) is 1. The van der Waals surface area contributed by atoms with Crippen molar-refractivity contribution in [2.75, 3.05) is 6.61 Å². The van der Waals surface area contributed by atoms with Gasteiger partial charge in [0.2, 0.25) is 0 Å². The highest BCUT2D eigenvalue weighted by molar-refractivity contribution is 5.63. The lowest BCUT2D eigenvalue weighted by Crippen LogP contribution is -1.97. The molecule has 0 spiro atoms. The number of hydrogen-bond donors (Lipinski definition) is 1. The van der Waals surface area contributed by atoms with E-state index in [0.717, 1.165) is 17.7 Å². The molecule has 5 heteroatoms. The van der Waals surface area contributed by atoms with Crippen LogP contribution in [0, 0.1) is 0 Å². The van der Waals surface area contributed by atoms with Crippen molar-refractivity contribution in [2.45, 2.75) is 13.3 Å². The second kappa shape index (κ2) is 4.54. The molecule has 0 aliphatic heterocycles. The molecule has 15 heavy (non-hydrogen) atoms. The van der Waals surface area contributed by atoms with Gasteiger partial charge in [-0.2, -0.15) is 0 Å². The summed E-state index contributed by atoms with van der Waals surface area (Å²) in [6.07, 6.45) is 0.975. The maximum atomic E-state index is 5.59. The Morgan fingerprint density at radius 1 is 1.33 bits per heavy atom. The molecule has 0 saturated carbocycles. The molecule has 1 aromatic carbocycles. The van der Waals surface area contributed by atoms with E-state index in [2.05, 4.69) is 27.5 Å². The van der Waals surface area contributed by atoms with Gasteiger partial charge in [0.25, 0.3) is 0 Å². The molecule has 0 aliphatic rings. The summed E-state index contributed by atoms with van der Waals surface area (Å²) in [6.45, 7) is 2.76. The van der Waals surface area contributed by atoms with Gasteiger partial charge in [-0.15, -0.1) is 5.10 Å². The fourth-order valence-corrected chi connectivity index (χ4v) is 1.27. The molecule has 0 fully saturated rings. The molecule has 0 radical (unpaired) electrons. The highest BCUT2D eigenvalue weighted by Crippen LogP contribution is 2.26. The topological polar surface area (TPSA) is 63.7 Å². The maximum absolute atomic E-state index is 5.59. The molecule has 2 rings (SSSR count). The zero-order chi connectivity index (χ0) is 10.5. The minimum Gasteiger partial charge on any atom is -0.493 e. The van der Waals surface area contributed by atoms with Crippen molar-refractivity contribution in [3.63, 3.8) is 0 Å². The molecule has 0 atom stereocenters. The first-order valence-electron chi connectivity index (χ1n) is 4.87. The summed E-state index contributed by atoms with van der Waals surface area (Å²) in [6, 6.07) is 7.69. The van der Waals surface area contributed by atoms with Gasteiger partial charge in [0.1, 0.15) is 5.75 Å². The number of aromatic nitrogens is 4. The highest BCUT2D eigenvalue weighted by atomic mass is 16.5. The van der Waals surface area contributed by atoms with E-state index in [-0.39, 0.29) is 0 Å². The van der Waals surface area contributed by atoms with Crippen LogP contribution in [0.3, 0.4) is 0 Å². The van der Waals surface area contributed by atoms with Crippen LogP contribution in [0.25, 0.3) is 11.4 Å². The number of nitrogens with zero attached hydrogens (tertiary/aromatic N) is 3. The third-order valence-corrected chi connectivity index (χ3v) is 1.95. The average molecular weight is 204 g/mol. The van der Waals surface area contributed by atoms with E-state index in [1.165, 1.54) is 0 Å². The van der Waals surface area contributed by atoms with Gasteiger partial charge in [0.05, 0.1) is 12.2 Å². The summed E-state index contributed by atoms with van der Waals surface area (Å²) in [5.74, 6) is 1.43. The minimum absolute atomic E-state index is 0.627. The highest BCUT2D eigenvalue weighted by Gasteiger charge is 2.08. The number of para-hydroxylation sites is 1. The van der Waals surface area contributed by atoms with Crippen molar-refractivity contribution >= 4 is 0 Å². The summed E-state index contributed by atoms with van der Waals surface area (Å²) in [5, 5.41) is 13.7. The van der Waals surface area contributed by atoms with Gasteiger partial charge in [-0.05, 0) is 29.0 Å². The Labute approximate surface area is 87.5 Å². The van der Waals surface area contributed by atoms with Crippen LogP contribution in [-0.2, 0) is 0 Å². The third kappa shape index (κ3) is 2.12. The molecule has 0 bridgehead atoms. The first-order valence-corrected chi connectivity index (χ1v) is 4.87. The van der Waals surface area contributed by atoms with Gasteiger partial charge in [0, 0.05) is 0 Å². The lowest BCUT2D eigenvalue weighted by molar-refractivity contribution is 0.318. The van der Waals surface area contributed by atoms with E-state index in [1.54, 1.807) is 0 Å². The predicted molar refractivity (Wildman–Crippen MR) is 55.4 cm³/mol. The van der Waals surface area contributed by atoms with Crippen molar-refractivity contribution in [1.82, 2.24) is 20.6 Å². The Hall–Kier alpha value is -1.91. The van der Waals surface area contributed by atoms with Crippen LogP contribution in [0.5, 0.6) is 5.75 Å². The second-order valence-electron chi connectivity index (χ2n) is 3.09. The van der Waals surface area contributed by atoms with Crippen LogP contribution in [-0.4, -0.2) is 27.2 Å². The average Bonchev–Trinajstić information content (AvgIpc) is 2.80. The van der Waals surface area contributed by atoms with Crippen molar-refractivity contribution in [3.05, 3.63) is 24.3 Å². The van der Waals surface area contributed by atoms with Crippen LogP contribution in [0.15, 0.2) is 24.3 Å². The Balaban J connectivity index is 2.30. The SMILES string of the molecule is CCCOc1ccccc1-c1nnn[nH]1. The van der Waals surface area contributed by atoms with E-state index < -0.39 is 0 Å². The molecule has 1 N–H and O–H groups in total. The van der Waals surface area contributed by atoms with E-state index in [1.807, 2.05) is 24.3 Å². The van der Waals surface area contributed by atoms with Gasteiger partial charge in [0.15, 0.2) is 5.82 Å². The van der Waals surface area contributed by atoms with Crippen molar-refractivity contribution in [3.8, 4) is 17.1 Å². The number of H-pyrrole nitrogens is 1. The summed E-state index contributed by atoms with van der Waals surface area (Å²) in [4.78, 5) is 0. The van der Waals surface area contributed by atoms with Crippen LogP contribution in [0.1, 0.15) is 13.3 Å². The van der Waals surface area contributed by atoms with Crippen LogP contribution in [0.2, 0.25) is 0 Å². The molecule has 0 unspecified atom stereocenters. The molecule has 1 heterocycles. The van der Waals surface area contributed by atoms with Crippen molar-refractivity contribution < 1.29 is 4.74 Å². The molecule has 78 valence electrons. The zero-order valence-corrected chi connectivity index (χ0v) is 8.47. The van der Waals surface area contributed by atoms with Gasteiger partial charge < -0.3 is 4.74 Å². The second-order valence-corrected chi connectivity index (χ2v) is 3.09. The van der Waals surface area contributed by atoms with Crippen molar-refractivity contribution in [2.24, 2.45) is 0 Å². The van der Waals surface area contributed by atoms with E-state index >= 15 is 0 Å². The first-order chi connectivity index (χ1) is 7.42. The fraction of sp³-hybridized carbons (Fsp3) is 0.300. The number of benzene rings is 1. The first kappa shape index (κ1) is 9.64. The number of tetrazole rings is 1. The Bertz CT molecular complexity index is 413. The molecule has 0 amide bonds. The van der Waals surface area contributed by atoms with Gasteiger partial charge in [-0.25, -0.2) is 5.10 Å². The predicted octanol–water partition coefficient (Wildman–Crippen LogP) is 1.66. The number of rotatable bonds is 4. The van der Waals surface area contributed by atoms with E-state index in [4.69, 9.17) is 4.74 Å². The van der Waals surface area contributed by atoms with E-state index in [9.17, 15) is 0 Å². The number of nitrogens with one attached hydrogen (secondary N) is 1.